The average Bonchev–Trinajstić information content (AvgIpc) is 2.56. The molecule has 21 heavy (non-hydrogen) atoms. The highest BCUT2D eigenvalue weighted by molar-refractivity contribution is 9.10. The van der Waals surface area contributed by atoms with E-state index in [2.05, 4.69) is 46.3 Å². The minimum atomic E-state index is -0.451. The number of rotatable bonds is 3. The average molecular weight is 358 g/mol. The van der Waals surface area contributed by atoms with Gasteiger partial charge in [0.2, 0.25) is 0 Å². The number of halogens is 2. The highest BCUT2D eigenvalue weighted by Gasteiger charge is 2.34. The first kappa shape index (κ1) is 14.4. The third kappa shape index (κ3) is 2.64. The van der Waals surface area contributed by atoms with Crippen molar-refractivity contribution in [1.29, 1.82) is 0 Å². The molecule has 0 aliphatic heterocycles. The minimum absolute atomic E-state index is 0.451. The molecule has 3 aromatic rings. The number of benzene rings is 3. The second kappa shape index (κ2) is 6.05. The Morgan fingerprint density at radius 3 is 1.52 bits per heavy atom. The Hall–Kier alpha value is -1.57. The number of hydrogen-bond donors (Lipinski definition) is 0. The lowest BCUT2D eigenvalue weighted by molar-refractivity contribution is 0.917. The van der Waals surface area contributed by atoms with Crippen molar-refractivity contribution in [1.82, 2.24) is 0 Å². The summed E-state index contributed by atoms with van der Waals surface area (Å²) in [6.07, 6.45) is 0. The molecule has 3 rings (SSSR count). The van der Waals surface area contributed by atoms with Gasteiger partial charge in [-0.1, -0.05) is 106 Å². The third-order valence-electron chi connectivity index (χ3n) is 3.59. The van der Waals surface area contributed by atoms with Crippen LogP contribution in [0.2, 0.25) is 5.02 Å². The van der Waals surface area contributed by atoms with Crippen LogP contribution in [0.3, 0.4) is 0 Å². The Morgan fingerprint density at radius 2 is 1.05 bits per heavy atom. The molecule has 0 atom stereocenters. The van der Waals surface area contributed by atoms with Crippen LogP contribution in [0.25, 0.3) is 0 Å². The van der Waals surface area contributed by atoms with Crippen molar-refractivity contribution >= 4 is 27.5 Å². The molecular weight excluding hydrogens is 344 g/mol. The zero-order valence-corrected chi connectivity index (χ0v) is 13.7. The zero-order chi connectivity index (χ0) is 14.7. The maximum absolute atomic E-state index is 6.48. The lowest BCUT2D eigenvalue weighted by atomic mass is 9.85. The lowest BCUT2D eigenvalue weighted by Crippen LogP contribution is -2.22. The van der Waals surface area contributed by atoms with Gasteiger partial charge in [-0.2, -0.15) is 0 Å². The highest BCUT2D eigenvalue weighted by atomic mass is 79.9. The quantitative estimate of drug-likeness (QED) is 0.397. The van der Waals surface area contributed by atoms with Crippen LogP contribution in [0.4, 0.5) is 0 Å². The second-order valence-electron chi connectivity index (χ2n) is 4.87. The largest absolute Gasteiger partial charge is 0.102 e. The van der Waals surface area contributed by atoms with Gasteiger partial charge in [0.15, 0.2) is 0 Å². The monoisotopic (exact) mass is 356 g/mol. The van der Waals surface area contributed by atoms with Gasteiger partial charge < -0.3 is 0 Å². The molecule has 0 radical (unpaired) electrons. The predicted molar refractivity (Wildman–Crippen MR) is 93.1 cm³/mol. The van der Waals surface area contributed by atoms with E-state index in [1.54, 1.807) is 0 Å². The van der Waals surface area contributed by atoms with Gasteiger partial charge in [0, 0.05) is 5.02 Å². The summed E-state index contributed by atoms with van der Waals surface area (Å²) in [5.74, 6) is 0. The van der Waals surface area contributed by atoms with Crippen LogP contribution >= 0.6 is 27.5 Å². The molecule has 104 valence electrons. The molecule has 2 heteroatoms. The standard InChI is InChI=1S/C19H14BrCl/c20-19(15-9-3-1-4-10-15,16-11-5-2-6-12-16)17-13-7-8-14-18(17)21/h1-14H. The van der Waals surface area contributed by atoms with E-state index in [0.717, 1.165) is 21.7 Å². The fourth-order valence-electron chi connectivity index (χ4n) is 2.55. The summed E-state index contributed by atoms with van der Waals surface area (Å²) in [4.78, 5) is 0. The Bertz CT molecular complexity index is 683. The Labute approximate surface area is 138 Å². The Kier molecular flexibility index (Phi) is 4.14. The summed E-state index contributed by atoms with van der Waals surface area (Å²) in [6.45, 7) is 0. The molecule has 0 unspecified atom stereocenters. The van der Waals surface area contributed by atoms with E-state index in [1.807, 2.05) is 54.6 Å². The summed E-state index contributed by atoms with van der Waals surface area (Å²) < 4.78 is -0.451. The molecular formula is C19H14BrCl. The van der Waals surface area contributed by atoms with Crippen molar-refractivity contribution in [3.63, 3.8) is 0 Å². The first-order valence-corrected chi connectivity index (χ1v) is 7.95. The van der Waals surface area contributed by atoms with Crippen LogP contribution in [0.5, 0.6) is 0 Å². The van der Waals surface area contributed by atoms with Gasteiger partial charge in [0.05, 0.1) is 0 Å². The van der Waals surface area contributed by atoms with Gasteiger partial charge >= 0.3 is 0 Å². The molecule has 0 nitrogen and oxygen atoms in total. The normalized spacial score (nSPS) is 11.3. The third-order valence-corrected chi connectivity index (χ3v) is 5.26. The maximum atomic E-state index is 6.48. The molecule has 0 bridgehead atoms. The molecule has 0 saturated heterocycles. The van der Waals surface area contributed by atoms with E-state index < -0.39 is 4.32 Å². The topological polar surface area (TPSA) is 0 Å². The first-order chi connectivity index (χ1) is 10.2. The van der Waals surface area contributed by atoms with Crippen molar-refractivity contribution in [3.05, 3.63) is 107 Å². The van der Waals surface area contributed by atoms with Crippen molar-refractivity contribution in [2.45, 2.75) is 4.32 Å². The van der Waals surface area contributed by atoms with E-state index in [-0.39, 0.29) is 0 Å². The first-order valence-electron chi connectivity index (χ1n) is 6.78. The predicted octanol–water partition coefficient (Wildman–Crippen LogP) is 6.03. The van der Waals surface area contributed by atoms with Crippen LogP contribution < -0.4 is 0 Å². The number of hydrogen-bond acceptors (Lipinski definition) is 0. The molecule has 0 N–H and O–H groups in total. The van der Waals surface area contributed by atoms with Gasteiger partial charge in [0.1, 0.15) is 4.32 Å². The summed E-state index contributed by atoms with van der Waals surface area (Å²) in [7, 11) is 0. The van der Waals surface area contributed by atoms with E-state index in [1.165, 1.54) is 0 Å². The van der Waals surface area contributed by atoms with Crippen molar-refractivity contribution < 1.29 is 0 Å². The lowest BCUT2D eigenvalue weighted by Gasteiger charge is -2.30. The molecule has 0 amide bonds. The fourth-order valence-corrected chi connectivity index (χ4v) is 3.82. The van der Waals surface area contributed by atoms with Crippen molar-refractivity contribution in [2.24, 2.45) is 0 Å². The molecule has 0 aliphatic carbocycles. The van der Waals surface area contributed by atoms with Gasteiger partial charge in [-0.3, -0.25) is 0 Å². The fraction of sp³-hybridized carbons (Fsp3) is 0.0526. The summed E-state index contributed by atoms with van der Waals surface area (Å²) in [5.41, 5.74) is 3.36. The molecule has 0 heterocycles. The smallest absolute Gasteiger partial charge is 0.0840 e. The van der Waals surface area contributed by atoms with E-state index in [9.17, 15) is 0 Å². The van der Waals surface area contributed by atoms with E-state index >= 15 is 0 Å². The van der Waals surface area contributed by atoms with Gasteiger partial charge in [0.25, 0.3) is 0 Å². The molecule has 0 saturated carbocycles. The van der Waals surface area contributed by atoms with Crippen LogP contribution in [0, 0.1) is 0 Å². The summed E-state index contributed by atoms with van der Waals surface area (Å²) >= 11 is 10.5. The van der Waals surface area contributed by atoms with Crippen LogP contribution in [-0.4, -0.2) is 0 Å². The Balaban J connectivity index is 2.29. The number of alkyl halides is 1. The van der Waals surface area contributed by atoms with Crippen molar-refractivity contribution in [2.75, 3.05) is 0 Å². The molecule has 3 aromatic carbocycles. The molecule has 0 fully saturated rings. The zero-order valence-electron chi connectivity index (χ0n) is 11.3. The van der Waals surface area contributed by atoms with Crippen LogP contribution in [0.15, 0.2) is 84.9 Å². The van der Waals surface area contributed by atoms with Gasteiger partial charge in [-0.15, -0.1) is 0 Å². The van der Waals surface area contributed by atoms with Crippen LogP contribution in [-0.2, 0) is 4.32 Å². The van der Waals surface area contributed by atoms with Crippen molar-refractivity contribution in [3.8, 4) is 0 Å². The molecule has 0 spiro atoms. The van der Waals surface area contributed by atoms with E-state index in [4.69, 9.17) is 11.6 Å². The molecule has 0 aliphatic rings. The maximum Gasteiger partial charge on any atom is 0.102 e. The second-order valence-corrected chi connectivity index (χ2v) is 6.47. The van der Waals surface area contributed by atoms with Gasteiger partial charge in [-0.05, 0) is 22.8 Å². The van der Waals surface area contributed by atoms with Crippen LogP contribution in [0.1, 0.15) is 16.7 Å². The SMILES string of the molecule is Clc1ccccc1C(Br)(c1ccccc1)c1ccccc1. The minimum Gasteiger partial charge on any atom is -0.0840 e. The van der Waals surface area contributed by atoms with E-state index in [0.29, 0.717) is 0 Å². The summed E-state index contributed by atoms with van der Waals surface area (Å²) in [5, 5.41) is 0.752. The Morgan fingerprint density at radius 1 is 0.619 bits per heavy atom. The molecule has 0 aromatic heterocycles. The van der Waals surface area contributed by atoms with Gasteiger partial charge in [-0.25, -0.2) is 0 Å². The highest BCUT2D eigenvalue weighted by Crippen LogP contribution is 2.46. The summed E-state index contributed by atoms with van der Waals surface area (Å²) in [6, 6.07) is 28.7.